The molecule has 0 aliphatic rings. The third kappa shape index (κ3) is 2.82. The first-order chi connectivity index (χ1) is 4.84. The Kier molecular flexibility index (Phi) is 4.74. The molecule has 1 aromatic rings. The first-order valence-corrected chi connectivity index (χ1v) is 3.37. The van der Waals surface area contributed by atoms with E-state index in [9.17, 15) is 0 Å². The van der Waals surface area contributed by atoms with E-state index in [1.165, 1.54) is 0 Å². The summed E-state index contributed by atoms with van der Waals surface area (Å²) in [6.07, 6.45) is 4.29. The molecular formula is C7H12ClN3. The highest BCUT2D eigenvalue weighted by Crippen LogP contribution is 2.04. The van der Waals surface area contributed by atoms with Gasteiger partial charge in [-0.15, -0.1) is 12.4 Å². The molecule has 0 aromatic carbocycles. The topological polar surface area (TPSA) is 51.8 Å². The molecule has 2 N–H and O–H groups in total. The molecule has 0 aliphatic heterocycles. The van der Waals surface area contributed by atoms with E-state index in [4.69, 9.17) is 5.73 Å². The molecule has 3 nitrogen and oxygen atoms in total. The molecule has 4 heteroatoms. The average Bonchev–Trinajstić information content (AvgIpc) is 2.05. The molecule has 1 rings (SSSR count). The van der Waals surface area contributed by atoms with Gasteiger partial charge in [-0.3, -0.25) is 0 Å². The summed E-state index contributed by atoms with van der Waals surface area (Å²) in [5, 5.41) is 0. The van der Waals surface area contributed by atoms with E-state index < -0.39 is 0 Å². The Morgan fingerprint density at radius 2 is 2.00 bits per heavy atom. The molecule has 0 radical (unpaired) electrons. The van der Waals surface area contributed by atoms with Gasteiger partial charge in [-0.1, -0.05) is 6.92 Å². The van der Waals surface area contributed by atoms with E-state index >= 15 is 0 Å². The minimum absolute atomic E-state index is 0. The molecule has 11 heavy (non-hydrogen) atoms. The van der Waals surface area contributed by atoms with Crippen LogP contribution in [0.3, 0.4) is 0 Å². The summed E-state index contributed by atoms with van der Waals surface area (Å²) in [5.74, 6) is 0.727. The van der Waals surface area contributed by atoms with Crippen molar-refractivity contribution >= 4 is 12.4 Å². The fourth-order valence-electron chi connectivity index (χ4n) is 0.685. The van der Waals surface area contributed by atoms with E-state index in [-0.39, 0.29) is 18.4 Å². The Bertz CT molecular complexity index is 190. The molecule has 1 aromatic heterocycles. The van der Waals surface area contributed by atoms with Gasteiger partial charge >= 0.3 is 0 Å². The molecule has 0 saturated heterocycles. The van der Waals surface area contributed by atoms with Gasteiger partial charge in [0.05, 0.1) is 6.04 Å². The summed E-state index contributed by atoms with van der Waals surface area (Å²) in [7, 11) is 0. The maximum absolute atomic E-state index is 5.67. The van der Waals surface area contributed by atoms with Crippen molar-refractivity contribution in [1.29, 1.82) is 0 Å². The van der Waals surface area contributed by atoms with Gasteiger partial charge in [0, 0.05) is 12.4 Å². The van der Waals surface area contributed by atoms with Crippen molar-refractivity contribution in [2.24, 2.45) is 5.73 Å². The van der Waals surface area contributed by atoms with Gasteiger partial charge in [-0.2, -0.15) is 0 Å². The Labute approximate surface area is 72.5 Å². The Morgan fingerprint density at radius 3 is 2.45 bits per heavy atom. The third-order valence-electron chi connectivity index (χ3n) is 1.36. The van der Waals surface area contributed by atoms with Crippen molar-refractivity contribution in [1.82, 2.24) is 9.97 Å². The Hall–Kier alpha value is -0.670. The van der Waals surface area contributed by atoms with Crippen LogP contribution in [0.1, 0.15) is 25.2 Å². The van der Waals surface area contributed by atoms with Gasteiger partial charge in [0.25, 0.3) is 0 Å². The number of nitrogens with zero attached hydrogens (tertiary/aromatic N) is 2. The Morgan fingerprint density at radius 1 is 1.45 bits per heavy atom. The molecule has 0 bridgehead atoms. The van der Waals surface area contributed by atoms with Gasteiger partial charge in [0.1, 0.15) is 5.82 Å². The monoisotopic (exact) mass is 173 g/mol. The second-order valence-electron chi connectivity index (χ2n) is 2.12. The van der Waals surface area contributed by atoms with Crippen LogP contribution in [0.2, 0.25) is 0 Å². The minimum Gasteiger partial charge on any atom is -0.321 e. The van der Waals surface area contributed by atoms with Gasteiger partial charge < -0.3 is 5.73 Å². The number of halogens is 1. The zero-order chi connectivity index (χ0) is 7.40. The highest BCUT2D eigenvalue weighted by atomic mass is 35.5. The molecule has 0 saturated carbocycles. The van der Waals surface area contributed by atoms with Crippen molar-refractivity contribution < 1.29 is 0 Å². The van der Waals surface area contributed by atoms with Crippen LogP contribution >= 0.6 is 12.4 Å². The minimum atomic E-state index is -0.0128. The van der Waals surface area contributed by atoms with E-state index in [0.717, 1.165) is 12.2 Å². The van der Waals surface area contributed by atoms with Crippen molar-refractivity contribution in [2.45, 2.75) is 19.4 Å². The van der Waals surface area contributed by atoms with Crippen LogP contribution in [0.4, 0.5) is 0 Å². The van der Waals surface area contributed by atoms with E-state index in [1.807, 2.05) is 6.92 Å². The largest absolute Gasteiger partial charge is 0.321 e. The summed E-state index contributed by atoms with van der Waals surface area (Å²) in [5.41, 5.74) is 5.67. The molecule has 62 valence electrons. The smallest absolute Gasteiger partial charge is 0.144 e. The molecule has 0 unspecified atom stereocenters. The maximum Gasteiger partial charge on any atom is 0.144 e. The molecule has 0 fully saturated rings. The van der Waals surface area contributed by atoms with E-state index in [0.29, 0.717) is 0 Å². The predicted molar refractivity (Wildman–Crippen MR) is 46.5 cm³/mol. The van der Waals surface area contributed by atoms with Crippen molar-refractivity contribution in [3.8, 4) is 0 Å². The lowest BCUT2D eigenvalue weighted by atomic mass is 10.2. The zero-order valence-corrected chi connectivity index (χ0v) is 7.21. The molecule has 0 spiro atoms. The summed E-state index contributed by atoms with van der Waals surface area (Å²) in [6.45, 7) is 2.01. The Balaban J connectivity index is 0.000001000. The fourth-order valence-corrected chi connectivity index (χ4v) is 0.685. The number of nitrogens with two attached hydrogens (primary N) is 1. The van der Waals surface area contributed by atoms with Crippen LogP contribution < -0.4 is 5.73 Å². The highest BCUT2D eigenvalue weighted by molar-refractivity contribution is 5.85. The van der Waals surface area contributed by atoms with Crippen molar-refractivity contribution in [3.63, 3.8) is 0 Å². The lowest BCUT2D eigenvalue weighted by Gasteiger charge is -2.04. The van der Waals surface area contributed by atoms with Crippen LogP contribution in [-0.2, 0) is 0 Å². The van der Waals surface area contributed by atoms with Crippen molar-refractivity contribution in [2.75, 3.05) is 0 Å². The second kappa shape index (κ2) is 5.04. The lowest BCUT2D eigenvalue weighted by molar-refractivity contribution is 0.648. The van der Waals surface area contributed by atoms with Gasteiger partial charge in [0.15, 0.2) is 0 Å². The molecular weight excluding hydrogens is 162 g/mol. The van der Waals surface area contributed by atoms with Crippen LogP contribution in [0.5, 0.6) is 0 Å². The quantitative estimate of drug-likeness (QED) is 0.734. The average molecular weight is 174 g/mol. The predicted octanol–water partition coefficient (Wildman–Crippen LogP) is 1.31. The highest BCUT2D eigenvalue weighted by Gasteiger charge is 2.02. The molecule has 1 atom stereocenters. The van der Waals surface area contributed by atoms with Crippen LogP contribution in [0.25, 0.3) is 0 Å². The lowest BCUT2D eigenvalue weighted by Crippen LogP contribution is -2.11. The fraction of sp³-hybridized carbons (Fsp3) is 0.429. The normalized spacial score (nSPS) is 11.8. The SMILES string of the molecule is CC[C@@H](N)c1ncccn1.Cl. The summed E-state index contributed by atoms with van der Waals surface area (Å²) >= 11 is 0. The van der Waals surface area contributed by atoms with Crippen LogP contribution in [0.15, 0.2) is 18.5 Å². The number of hydrogen-bond acceptors (Lipinski definition) is 3. The zero-order valence-electron chi connectivity index (χ0n) is 6.40. The van der Waals surface area contributed by atoms with Crippen LogP contribution in [-0.4, -0.2) is 9.97 Å². The molecule has 0 amide bonds. The first-order valence-electron chi connectivity index (χ1n) is 3.37. The van der Waals surface area contributed by atoms with Gasteiger partial charge in [-0.25, -0.2) is 9.97 Å². The second-order valence-corrected chi connectivity index (χ2v) is 2.12. The number of aromatic nitrogens is 2. The standard InChI is InChI=1S/C7H11N3.ClH/c1-2-6(8)7-9-4-3-5-10-7;/h3-6H,2,8H2,1H3;1H/t6-;/m1./s1. The number of rotatable bonds is 2. The van der Waals surface area contributed by atoms with Gasteiger partial charge in [-0.05, 0) is 12.5 Å². The molecule has 0 aliphatic carbocycles. The maximum atomic E-state index is 5.67. The first kappa shape index (κ1) is 10.3. The van der Waals surface area contributed by atoms with E-state index in [2.05, 4.69) is 9.97 Å². The van der Waals surface area contributed by atoms with Gasteiger partial charge in [0.2, 0.25) is 0 Å². The third-order valence-corrected chi connectivity index (χ3v) is 1.36. The van der Waals surface area contributed by atoms with E-state index in [1.54, 1.807) is 18.5 Å². The summed E-state index contributed by atoms with van der Waals surface area (Å²) in [4.78, 5) is 8.03. The summed E-state index contributed by atoms with van der Waals surface area (Å²) in [6, 6.07) is 1.77. The molecule has 1 heterocycles. The van der Waals surface area contributed by atoms with Crippen LogP contribution in [0, 0.1) is 0 Å². The number of hydrogen-bond donors (Lipinski definition) is 1. The van der Waals surface area contributed by atoms with Crippen molar-refractivity contribution in [3.05, 3.63) is 24.3 Å². The summed E-state index contributed by atoms with van der Waals surface area (Å²) < 4.78 is 0.